The number of ether oxygens (including phenoxy) is 4. The van der Waals surface area contributed by atoms with Gasteiger partial charge < -0.3 is 29.2 Å². The summed E-state index contributed by atoms with van der Waals surface area (Å²) >= 11 is 1.06. The Kier molecular flexibility index (Phi) is 11.0. The number of benzene rings is 1. The van der Waals surface area contributed by atoms with Crippen LogP contribution in [-0.2, 0) is 4.74 Å². The molecule has 9 nitrogen and oxygen atoms in total. The minimum atomic E-state index is -0.600. The molecule has 0 unspecified atom stereocenters. The third-order valence-electron chi connectivity index (χ3n) is 5.27. The van der Waals surface area contributed by atoms with Gasteiger partial charge in [-0.3, -0.25) is 9.59 Å². The summed E-state index contributed by atoms with van der Waals surface area (Å²) < 4.78 is 22.4. The zero-order valence-corrected chi connectivity index (χ0v) is 22.9. The molecule has 0 aliphatic rings. The Morgan fingerprint density at radius 2 is 1.42 bits per heavy atom. The van der Waals surface area contributed by atoms with Gasteiger partial charge in [-0.15, -0.1) is 11.3 Å². The molecule has 0 saturated carbocycles. The van der Waals surface area contributed by atoms with Crippen LogP contribution in [0.4, 0.5) is 5.00 Å². The van der Waals surface area contributed by atoms with Gasteiger partial charge in [0.1, 0.15) is 5.00 Å². The highest BCUT2D eigenvalue weighted by molar-refractivity contribution is 7.18. The highest BCUT2D eigenvalue weighted by atomic mass is 32.1. The molecule has 1 N–H and O–H groups in total. The monoisotopic (exact) mass is 520 g/mol. The van der Waals surface area contributed by atoms with Crippen molar-refractivity contribution in [1.29, 1.82) is 0 Å². The van der Waals surface area contributed by atoms with Crippen molar-refractivity contribution in [1.82, 2.24) is 4.90 Å². The van der Waals surface area contributed by atoms with Crippen LogP contribution in [-0.4, -0.2) is 62.2 Å². The van der Waals surface area contributed by atoms with Crippen LogP contribution in [0.25, 0.3) is 0 Å². The topological polar surface area (TPSA) is 103 Å². The van der Waals surface area contributed by atoms with Crippen LogP contribution in [0.15, 0.2) is 12.1 Å². The van der Waals surface area contributed by atoms with E-state index in [0.717, 1.165) is 11.3 Å². The maximum Gasteiger partial charge on any atom is 0.341 e. The number of amides is 2. The standard InChI is InChI=1S/C26H36N2O7S/c1-8-28(9-2)25(30)22-16(7)20(26(31)35-13-6)24(36-22)27-23(29)17-14-18(32-10-3)21(34-12-5)19(15-17)33-11-4/h14-15H,8-13H2,1-7H3,(H,27,29). The van der Waals surface area contributed by atoms with Gasteiger partial charge in [0.2, 0.25) is 5.75 Å². The van der Waals surface area contributed by atoms with Crippen molar-refractivity contribution in [2.45, 2.75) is 48.5 Å². The predicted molar refractivity (Wildman–Crippen MR) is 140 cm³/mol. The predicted octanol–water partition coefficient (Wildman–Crippen LogP) is 5.16. The van der Waals surface area contributed by atoms with Crippen molar-refractivity contribution in [2.24, 2.45) is 0 Å². The number of nitrogens with one attached hydrogen (secondary N) is 1. The van der Waals surface area contributed by atoms with Gasteiger partial charge in [-0.25, -0.2) is 4.79 Å². The Morgan fingerprint density at radius 1 is 0.861 bits per heavy atom. The van der Waals surface area contributed by atoms with Crippen LogP contribution >= 0.6 is 11.3 Å². The molecular formula is C26H36N2O7S. The Labute approximate surface area is 216 Å². The van der Waals surface area contributed by atoms with E-state index in [1.165, 1.54) is 0 Å². The van der Waals surface area contributed by atoms with Gasteiger partial charge in [-0.05, 0) is 66.2 Å². The lowest BCUT2D eigenvalue weighted by atomic mass is 10.1. The normalized spacial score (nSPS) is 10.5. The van der Waals surface area contributed by atoms with Crippen LogP contribution in [0.2, 0.25) is 0 Å². The summed E-state index contributed by atoms with van der Waals surface area (Å²) in [6.07, 6.45) is 0. The first kappa shape index (κ1) is 29.0. The van der Waals surface area contributed by atoms with E-state index < -0.39 is 11.9 Å². The first-order chi connectivity index (χ1) is 17.3. The summed E-state index contributed by atoms with van der Waals surface area (Å²) in [5.41, 5.74) is 0.900. The second kappa shape index (κ2) is 13.7. The second-order valence-corrected chi connectivity index (χ2v) is 8.53. The van der Waals surface area contributed by atoms with Gasteiger partial charge in [-0.2, -0.15) is 0 Å². The fraction of sp³-hybridized carbons (Fsp3) is 0.500. The smallest absolute Gasteiger partial charge is 0.341 e. The van der Waals surface area contributed by atoms with E-state index in [4.69, 9.17) is 18.9 Å². The quantitative estimate of drug-likeness (QED) is 0.364. The maximum absolute atomic E-state index is 13.4. The summed E-state index contributed by atoms with van der Waals surface area (Å²) in [5, 5.41) is 3.05. The average Bonchev–Trinajstić information content (AvgIpc) is 3.17. The lowest BCUT2D eigenvalue weighted by Crippen LogP contribution is -2.30. The molecule has 0 bridgehead atoms. The summed E-state index contributed by atoms with van der Waals surface area (Å²) in [6.45, 7) is 15.0. The second-order valence-electron chi connectivity index (χ2n) is 7.51. The molecule has 0 fully saturated rings. The summed E-state index contributed by atoms with van der Waals surface area (Å²) in [6, 6.07) is 3.14. The van der Waals surface area contributed by atoms with Crippen molar-refractivity contribution in [3.63, 3.8) is 0 Å². The summed E-state index contributed by atoms with van der Waals surface area (Å²) in [7, 11) is 0. The Balaban J connectivity index is 2.56. The molecule has 10 heteroatoms. The third-order valence-corrected chi connectivity index (χ3v) is 6.46. The summed E-state index contributed by atoms with van der Waals surface area (Å²) in [5.74, 6) is -0.122. The van der Waals surface area contributed by atoms with Crippen molar-refractivity contribution in [2.75, 3.05) is 44.8 Å². The fourth-order valence-electron chi connectivity index (χ4n) is 3.60. The molecule has 0 aliphatic heterocycles. The third kappa shape index (κ3) is 6.48. The Hall–Kier alpha value is -3.27. The molecule has 0 saturated heterocycles. The average molecular weight is 521 g/mol. The lowest BCUT2D eigenvalue weighted by Gasteiger charge is -2.18. The van der Waals surface area contributed by atoms with Crippen molar-refractivity contribution in [3.8, 4) is 17.2 Å². The number of carbonyl (C=O) groups excluding carboxylic acids is 3. The number of esters is 1. The van der Waals surface area contributed by atoms with Gasteiger partial charge in [0.15, 0.2) is 11.5 Å². The minimum absolute atomic E-state index is 0.162. The zero-order valence-electron chi connectivity index (χ0n) is 22.1. The number of anilines is 1. The van der Waals surface area contributed by atoms with E-state index in [-0.39, 0.29) is 28.6 Å². The highest BCUT2D eigenvalue weighted by Gasteiger charge is 2.29. The van der Waals surface area contributed by atoms with Gasteiger partial charge in [0, 0.05) is 18.7 Å². The molecule has 0 radical (unpaired) electrons. The molecule has 2 rings (SSSR count). The Bertz CT molecular complexity index is 1050. The van der Waals surface area contributed by atoms with E-state index in [9.17, 15) is 14.4 Å². The molecular weight excluding hydrogens is 484 g/mol. The number of thiophene rings is 1. The van der Waals surface area contributed by atoms with E-state index in [0.29, 0.717) is 60.6 Å². The van der Waals surface area contributed by atoms with E-state index in [1.807, 2.05) is 34.6 Å². The van der Waals surface area contributed by atoms with Crippen LogP contribution < -0.4 is 19.5 Å². The molecule has 1 aromatic carbocycles. The van der Waals surface area contributed by atoms with Crippen LogP contribution in [0.1, 0.15) is 77.5 Å². The minimum Gasteiger partial charge on any atom is -0.490 e. The van der Waals surface area contributed by atoms with E-state index in [2.05, 4.69) is 5.32 Å². The van der Waals surface area contributed by atoms with Gasteiger partial charge in [-0.1, -0.05) is 0 Å². The van der Waals surface area contributed by atoms with Crippen molar-refractivity contribution in [3.05, 3.63) is 33.7 Å². The molecule has 2 aromatic rings. The number of nitrogens with zero attached hydrogens (tertiary/aromatic N) is 1. The molecule has 0 spiro atoms. The maximum atomic E-state index is 13.4. The highest BCUT2D eigenvalue weighted by Crippen LogP contribution is 2.40. The fourth-order valence-corrected chi connectivity index (χ4v) is 4.76. The summed E-state index contributed by atoms with van der Waals surface area (Å²) in [4.78, 5) is 41.3. The van der Waals surface area contributed by atoms with E-state index >= 15 is 0 Å². The molecule has 1 heterocycles. The molecule has 198 valence electrons. The number of rotatable bonds is 13. The first-order valence-electron chi connectivity index (χ1n) is 12.2. The molecule has 36 heavy (non-hydrogen) atoms. The number of hydrogen-bond acceptors (Lipinski definition) is 8. The van der Waals surface area contributed by atoms with Crippen molar-refractivity contribution < 1.29 is 33.3 Å². The van der Waals surface area contributed by atoms with Gasteiger partial charge in [0.25, 0.3) is 11.8 Å². The molecule has 0 atom stereocenters. The number of hydrogen-bond donors (Lipinski definition) is 1. The number of carbonyl (C=O) groups is 3. The van der Waals surface area contributed by atoms with Crippen LogP contribution in [0, 0.1) is 6.92 Å². The Morgan fingerprint density at radius 3 is 1.89 bits per heavy atom. The lowest BCUT2D eigenvalue weighted by molar-refractivity contribution is 0.0527. The zero-order chi connectivity index (χ0) is 26.8. The van der Waals surface area contributed by atoms with Crippen LogP contribution in [0.5, 0.6) is 17.2 Å². The SMILES string of the molecule is CCOC(=O)c1c(NC(=O)c2cc(OCC)c(OCC)c(OCC)c2)sc(C(=O)N(CC)CC)c1C. The molecule has 1 aromatic heterocycles. The van der Waals surface area contributed by atoms with Gasteiger partial charge >= 0.3 is 5.97 Å². The van der Waals surface area contributed by atoms with Crippen molar-refractivity contribution >= 4 is 34.1 Å². The molecule has 2 amide bonds. The largest absolute Gasteiger partial charge is 0.490 e. The van der Waals surface area contributed by atoms with Gasteiger partial charge in [0.05, 0.1) is 36.9 Å². The van der Waals surface area contributed by atoms with Crippen LogP contribution in [0.3, 0.4) is 0 Å². The molecule has 0 aliphatic carbocycles. The van der Waals surface area contributed by atoms with E-state index in [1.54, 1.807) is 30.9 Å². The first-order valence-corrected chi connectivity index (χ1v) is 13.1.